The van der Waals surface area contributed by atoms with E-state index in [1.165, 1.54) is 43.4 Å². The van der Waals surface area contributed by atoms with Gasteiger partial charge in [-0.25, -0.2) is 4.90 Å². The second kappa shape index (κ2) is 7.91. The maximum atomic E-state index is 13.6. The summed E-state index contributed by atoms with van der Waals surface area (Å²) in [4.78, 5) is 54.1. The van der Waals surface area contributed by atoms with Crippen LogP contribution in [-0.2, 0) is 10.1 Å². The fourth-order valence-corrected chi connectivity index (χ4v) is 5.80. The number of imide groups is 2. The summed E-state index contributed by atoms with van der Waals surface area (Å²) in [7, 11) is -3.38. The quantitative estimate of drug-likeness (QED) is 0.314. The van der Waals surface area contributed by atoms with Gasteiger partial charge in [-0.15, -0.1) is 0 Å². The van der Waals surface area contributed by atoms with E-state index in [2.05, 4.69) is 0 Å². The highest BCUT2D eigenvalue weighted by Crippen LogP contribution is 2.40. The molecule has 4 aromatic rings. The lowest BCUT2D eigenvalue weighted by molar-refractivity contribution is 0.0649. The van der Waals surface area contributed by atoms with Crippen LogP contribution in [0, 0.1) is 6.92 Å². The summed E-state index contributed by atoms with van der Waals surface area (Å²) in [5.74, 6) is -2.60. The van der Waals surface area contributed by atoms with Crippen LogP contribution >= 0.6 is 0 Å². The largest absolute Gasteiger partial charge is 0.295 e. The molecule has 0 radical (unpaired) electrons. The van der Waals surface area contributed by atoms with Crippen molar-refractivity contribution in [2.24, 2.45) is 0 Å². The lowest BCUT2D eigenvalue weighted by Crippen LogP contribution is -2.42. The van der Waals surface area contributed by atoms with Gasteiger partial charge in [-0.05, 0) is 48.9 Å². The average Bonchev–Trinajstić information content (AvgIpc) is 2.89. The first-order valence-corrected chi connectivity index (χ1v) is 12.9. The maximum absolute atomic E-state index is 13.6. The lowest BCUT2D eigenvalue weighted by Gasteiger charge is -2.31. The third-order valence-electron chi connectivity index (χ3n) is 6.96. The first-order valence-electron chi connectivity index (χ1n) is 11.5. The van der Waals surface area contributed by atoms with Gasteiger partial charge in [0.2, 0.25) is 0 Å². The molecule has 2 aliphatic rings. The number of anilines is 1. The Labute approximate surface area is 216 Å². The van der Waals surface area contributed by atoms with Crippen molar-refractivity contribution in [3.8, 4) is 11.1 Å². The van der Waals surface area contributed by atoms with Gasteiger partial charge in [0, 0.05) is 45.6 Å². The van der Waals surface area contributed by atoms with Gasteiger partial charge < -0.3 is 0 Å². The number of rotatable bonds is 3. The molecule has 2 heterocycles. The van der Waals surface area contributed by atoms with Crippen LogP contribution in [0.25, 0.3) is 21.9 Å². The number of hydrogen-bond donors (Lipinski definition) is 1. The van der Waals surface area contributed by atoms with E-state index in [4.69, 9.17) is 0 Å². The molecule has 0 aromatic heterocycles. The molecular weight excluding hydrogens is 508 g/mol. The zero-order chi connectivity index (χ0) is 27.1. The highest BCUT2D eigenvalue weighted by Gasteiger charge is 2.39. The van der Waals surface area contributed by atoms with E-state index in [9.17, 15) is 32.1 Å². The number of hydrogen-bond acceptors (Lipinski definition) is 6. The minimum Gasteiger partial charge on any atom is -0.282 e. The zero-order valence-corrected chi connectivity index (χ0v) is 20.9. The smallest absolute Gasteiger partial charge is 0.282 e. The average molecular weight is 527 g/mol. The monoisotopic (exact) mass is 526 g/mol. The number of nitrogens with zero attached hydrogens (tertiary/aromatic N) is 2. The van der Waals surface area contributed by atoms with Gasteiger partial charge in [0.1, 0.15) is 4.90 Å². The fourth-order valence-electron chi connectivity index (χ4n) is 5.06. The van der Waals surface area contributed by atoms with Gasteiger partial charge in [-0.2, -0.15) is 8.42 Å². The molecule has 0 spiro atoms. The minimum absolute atomic E-state index is 0.0607. The highest BCUT2D eigenvalue weighted by molar-refractivity contribution is 7.86. The van der Waals surface area contributed by atoms with Gasteiger partial charge in [0.05, 0.1) is 5.69 Å². The van der Waals surface area contributed by atoms with Crippen molar-refractivity contribution in [3.63, 3.8) is 0 Å². The summed E-state index contributed by atoms with van der Waals surface area (Å²) >= 11 is 0. The number of aryl methyl sites for hydroxylation is 1. The number of benzene rings is 4. The van der Waals surface area contributed by atoms with Crippen LogP contribution in [0.1, 0.15) is 47.0 Å². The Balaban J connectivity index is 1.54. The first-order chi connectivity index (χ1) is 18.0. The Morgan fingerprint density at radius 1 is 0.632 bits per heavy atom. The Morgan fingerprint density at radius 2 is 1.08 bits per heavy atom. The molecular formula is C28H18N2O7S. The summed E-state index contributed by atoms with van der Waals surface area (Å²) in [5, 5.41) is 0.440. The Kier molecular flexibility index (Phi) is 4.94. The highest BCUT2D eigenvalue weighted by atomic mass is 32.2. The second-order valence-electron chi connectivity index (χ2n) is 9.21. The van der Waals surface area contributed by atoms with Gasteiger partial charge in [0.25, 0.3) is 33.7 Å². The fraction of sp³-hybridized carbons (Fsp3) is 0.0714. The molecule has 0 atom stereocenters. The van der Waals surface area contributed by atoms with Crippen molar-refractivity contribution in [1.29, 1.82) is 0 Å². The van der Waals surface area contributed by atoms with E-state index in [1.54, 1.807) is 24.3 Å². The van der Waals surface area contributed by atoms with Crippen LogP contribution < -0.4 is 4.90 Å². The number of amides is 4. The van der Waals surface area contributed by atoms with Gasteiger partial charge in [0.15, 0.2) is 0 Å². The van der Waals surface area contributed by atoms with Gasteiger partial charge >= 0.3 is 0 Å². The number of carbonyl (C=O) groups is 4. The topological polar surface area (TPSA) is 129 Å². The summed E-state index contributed by atoms with van der Waals surface area (Å²) in [6.07, 6.45) is 0. The van der Waals surface area contributed by atoms with E-state index in [1.807, 2.05) is 6.92 Å². The predicted octanol–water partition coefficient (Wildman–Crippen LogP) is 4.09. The molecule has 1 N–H and O–H groups in total. The van der Waals surface area contributed by atoms with Gasteiger partial charge in [-0.3, -0.25) is 28.6 Å². The van der Waals surface area contributed by atoms with Crippen LogP contribution in [-0.4, -0.2) is 48.5 Å². The molecule has 6 rings (SSSR count). The van der Waals surface area contributed by atoms with Crippen LogP contribution in [0.5, 0.6) is 0 Å². The number of carbonyl (C=O) groups excluding carboxylic acids is 4. The Morgan fingerprint density at radius 3 is 1.55 bits per heavy atom. The molecule has 0 unspecified atom stereocenters. The van der Waals surface area contributed by atoms with Crippen molar-refractivity contribution in [3.05, 3.63) is 94.5 Å². The van der Waals surface area contributed by atoms with Crippen molar-refractivity contribution >= 4 is 50.2 Å². The molecule has 4 amide bonds. The van der Waals surface area contributed by atoms with E-state index in [0.717, 1.165) is 21.4 Å². The predicted molar refractivity (Wildman–Crippen MR) is 138 cm³/mol. The molecule has 0 fully saturated rings. The Hall–Kier alpha value is -4.67. The lowest BCUT2D eigenvalue weighted by atomic mass is 9.86. The molecule has 2 aliphatic heterocycles. The van der Waals surface area contributed by atoms with E-state index >= 15 is 0 Å². The SMILES string of the molecule is Cc1ccc(-c2ccc(N3C(=O)c4ccc5c6c(ccc(c46)C3=O)C(=O)N(C)C5=O)cc2S(=O)(=O)O)cc1. The standard InChI is InChI=1S/C28H18N2O7S/c1-14-3-5-15(6-4-14)17-8-7-16(13-22(17)38(35,36)37)30-27(33)20-11-9-18-23-19(26(32)29(2)25(18)31)10-12-21(24(20)23)28(30)34/h3-13H,1-2H3,(H,35,36,37). The van der Waals surface area contributed by atoms with E-state index in [0.29, 0.717) is 5.56 Å². The summed E-state index contributed by atoms with van der Waals surface area (Å²) in [6, 6.07) is 16.6. The molecule has 38 heavy (non-hydrogen) atoms. The second-order valence-corrected chi connectivity index (χ2v) is 10.6. The molecule has 4 aromatic carbocycles. The van der Waals surface area contributed by atoms with Gasteiger partial charge in [-0.1, -0.05) is 35.9 Å². The molecule has 0 bridgehead atoms. The minimum atomic E-state index is -4.74. The molecule has 9 nitrogen and oxygen atoms in total. The summed E-state index contributed by atoms with van der Waals surface area (Å²) < 4.78 is 34.7. The van der Waals surface area contributed by atoms with Crippen LogP contribution in [0.2, 0.25) is 0 Å². The van der Waals surface area contributed by atoms with Crippen molar-refractivity contribution in [2.45, 2.75) is 11.8 Å². The third kappa shape index (κ3) is 3.24. The zero-order valence-electron chi connectivity index (χ0n) is 20.1. The molecule has 0 aliphatic carbocycles. The summed E-state index contributed by atoms with van der Waals surface area (Å²) in [5.41, 5.74) is 2.19. The normalized spacial score (nSPS) is 15.0. The molecule has 0 saturated heterocycles. The van der Waals surface area contributed by atoms with E-state index in [-0.39, 0.29) is 44.3 Å². The molecule has 0 saturated carbocycles. The van der Waals surface area contributed by atoms with Crippen LogP contribution in [0.15, 0.2) is 71.6 Å². The van der Waals surface area contributed by atoms with Crippen molar-refractivity contribution in [2.75, 3.05) is 11.9 Å². The summed E-state index contributed by atoms with van der Waals surface area (Å²) in [6.45, 7) is 1.88. The molecule has 188 valence electrons. The van der Waals surface area contributed by atoms with Crippen molar-refractivity contribution in [1.82, 2.24) is 4.90 Å². The Bertz CT molecular complexity index is 1820. The first kappa shape index (κ1) is 23.7. The van der Waals surface area contributed by atoms with E-state index < -0.39 is 38.6 Å². The maximum Gasteiger partial charge on any atom is 0.295 e. The third-order valence-corrected chi connectivity index (χ3v) is 7.86. The van der Waals surface area contributed by atoms with Crippen molar-refractivity contribution < 1.29 is 32.1 Å². The molecule has 10 heteroatoms. The van der Waals surface area contributed by atoms with Crippen LogP contribution in [0.3, 0.4) is 0 Å². The van der Waals surface area contributed by atoms with Crippen LogP contribution in [0.4, 0.5) is 5.69 Å².